The lowest BCUT2D eigenvalue weighted by Crippen LogP contribution is -2.46. The molecule has 1 saturated heterocycles. The molecule has 1 fully saturated rings. The maximum Gasteiger partial charge on any atom is 0.357 e. The number of carbonyl (C=O) groups is 1. The molecule has 8 nitrogen and oxygen atoms in total. The number of fused-ring (bicyclic) bond motifs is 3. The number of pyridine rings is 1. The van der Waals surface area contributed by atoms with Crippen molar-refractivity contribution in [1.29, 1.82) is 0 Å². The first-order chi connectivity index (χ1) is 19.0. The number of carbonyl (C=O) groups excluding carboxylic acids is 1. The lowest BCUT2D eigenvalue weighted by molar-refractivity contribution is 0.0366. The Morgan fingerprint density at radius 3 is 2.49 bits per heavy atom. The van der Waals surface area contributed by atoms with Gasteiger partial charge in [-0.3, -0.25) is 4.90 Å². The van der Waals surface area contributed by atoms with Crippen LogP contribution >= 0.6 is 0 Å². The average Bonchev–Trinajstić information content (AvgIpc) is 3.32. The standard InChI is InChI=1S/C31H38N4O4/c1-22(2)39-31(36)30-24(21-37-3)28-26(19-32-30)33-25-11-7-12-27(29(25)28)38-18-8-13-34-14-16-35(17-15-34)20-23-9-5-4-6-10-23/h4-7,9-12,19,22,33H,8,13-18,20-21H2,1-3H3. The third kappa shape index (κ3) is 6.41. The highest BCUT2D eigenvalue weighted by Gasteiger charge is 2.23. The van der Waals surface area contributed by atoms with Gasteiger partial charge in [0, 0.05) is 62.7 Å². The second kappa shape index (κ2) is 12.6. The molecule has 0 aliphatic carbocycles. The van der Waals surface area contributed by atoms with Crippen LogP contribution < -0.4 is 4.74 Å². The highest BCUT2D eigenvalue weighted by molar-refractivity contribution is 6.13. The molecule has 4 aromatic rings. The molecule has 1 N–H and O–H groups in total. The number of aromatic amines is 1. The molecule has 0 bridgehead atoms. The third-order valence-corrected chi connectivity index (χ3v) is 7.14. The van der Waals surface area contributed by atoms with Crippen LogP contribution in [0.2, 0.25) is 0 Å². The summed E-state index contributed by atoms with van der Waals surface area (Å²) in [7, 11) is 1.62. The Bertz CT molecular complexity index is 1390. The third-order valence-electron chi connectivity index (χ3n) is 7.14. The topological polar surface area (TPSA) is 79.9 Å². The van der Waals surface area contributed by atoms with Gasteiger partial charge in [0.1, 0.15) is 5.75 Å². The lowest BCUT2D eigenvalue weighted by Gasteiger charge is -2.34. The van der Waals surface area contributed by atoms with Gasteiger partial charge in [0.2, 0.25) is 0 Å². The summed E-state index contributed by atoms with van der Waals surface area (Å²) in [4.78, 5) is 25.7. The number of hydrogen-bond acceptors (Lipinski definition) is 7. The molecule has 5 rings (SSSR count). The predicted octanol–water partition coefficient (Wildman–Crippen LogP) is 5.01. The van der Waals surface area contributed by atoms with Crippen molar-refractivity contribution in [3.8, 4) is 5.75 Å². The second-order valence-corrected chi connectivity index (χ2v) is 10.4. The Hall–Kier alpha value is -3.46. The van der Waals surface area contributed by atoms with Crippen LogP contribution in [-0.2, 0) is 22.6 Å². The normalized spacial score (nSPS) is 14.9. The maximum absolute atomic E-state index is 12.8. The smallest absolute Gasteiger partial charge is 0.357 e. The van der Waals surface area contributed by atoms with Crippen molar-refractivity contribution in [3.05, 3.63) is 71.5 Å². The van der Waals surface area contributed by atoms with Crippen LogP contribution in [-0.4, -0.2) is 78.3 Å². The van der Waals surface area contributed by atoms with Crippen molar-refractivity contribution in [2.45, 2.75) is 39.5 Å². The van der Waals surface area contributed by atoms with Gasteiger partial charge >= 0.3 is 5.97 Å². The van der Waals surface area contributed by atoms with Crippen molar-refractivity contribution in [1.82, 2.24) is 19.8 Å². The number of nitrogens with one attached hydrogen (secondary N) is 1. The Morgan fingerprint density at radius 2 is 1.74 bits per heavy atom. The number of hydrogen-bond donors (Lipinski definition) is 1. The monoisotopic (exact) mass is 530 g/mol. The Balaban J connectivity index is 1.24. The number of nitrogens with zero attached hydrogens (tertiary/aromatic N) is 3. The number of aromatic nitrogens is 2. The van der Waals surface area contributed by atoms with Gasteiger partial charge in [0.15, 0.2) is 5.69 Å². The maximum atomic E-state index is 12.8. The molecule has 1 aliphatic heterocycles. The molecular formula is C31H38N4O4. The summed E-state index contributed by atoms with van der Waals surface area (Å²) in [6.45, 7) is 10.9. The zero-order valence-corrected chi connectivity index (χ0v) is 23.1. The van der Waals surface area contributed by atoms with Crippen molar-refractivity contribution >= 4 is 27.8 Å². The number of ether oxygens (including phenoxy) is 3. The molecule has 2 aromatic carbocycles. The van der Waals surface area contributed by atoms with E-state index in [1.165, 1.54) is 5.56 Å². The quantitative estimate of drug-likeness (QED) is 0.216. The van der Waals surface area contributed by atoms with Gasteiger partial charge in [0.25, 0.3) is 0 Å². The van der Waals surface area contributed by atoms with E-state index in [2.05, 4.69) is 50.1 Å². The van der Waals surface area contributed by atoms with E-state index in [0.717, 1.165) is 73.2 Å². The Kier molecular flexibility index (Phi) is 8.76. The van der Waals surface area contributed by atoms with Crippen LogP contribution in [0.25, 0.3) is 21.8 Å². The molecule has 0 atom stereocenters. The molecule has 0 amide bonds. The first kappa shape index (κ1) is 27.1. The zero-order valence-electron chi connectivity index (χ0n) is 23.1. The molecule has 206 valence electrons. The minimum Gasteiger partial charge on any atom is -0.493 e. The Labute approximate surface area is 229 Å². The van der Waals surface area contributed by atoms with E-state index >= 15 is 0 Å². The first-order valence-electron chi connectivity index (χ1n) is 13.8. The van der Waals surface area contributed by atoms with Crippen LogP contribution in [0.5, 0.6) is 5.75 Å². The summed E-state index contributed by atoms with van der Waals surface area (Å²) in [6, 6.07) is 16.7. The minimum atomic E-state index is -0.449. The van der Waals surface area contributed by atoms with Gasteiger partial charge in [-0.05, 0) is 38.0 Å². The van der Waals surface area contributed by atoms with Crippen molar-refractivity contribution < 1.29 is 19.0 Å². The van der Waals surface area contributed by atoms with Gasteiger partial charge in [-0.15, -0.1) is 0 Å². The van der Waals surface area contributed by atoms with Crippen LogP contribution in [0.1, 0.15) is 41.9 Å². The molecule has 2 aromatic heterocycles. The fourth-order valence-corrected chi connectivity index (χ4v) is 5.30. The molecule has 3 heterocycles. The van der Waals surface area contributed by atoms with Crippen LogP contribution in [0.3, 0.4) is 0 Å². The molecule has 0 spiro atoms. The largest absolute Gasteiger partial charge is 0.493 e. The number of piperazine rings is 1. The van der Waals surface area contributed by atoms with E-state index in [-0.39, 0.29) is 18.4 Å². The molecule has 8 heteroatoms. The number of H-pyrrole nitrogens is 1. The van der Waals surface area contributed by atoms with Crippen molar-refractivity contribution in [3.63, 3.8) is 0 Å². The van der Waals surface area contributed by atoms with Gasteiger partial charge < -0.3 is 24.1 Å². The summed E-state index contributed by atoms with van der Waals surface area (Å²) >= 11 is 0. The van der Waals surface area contributed by atoms with Crippen LogP contribution in [0, 0.1) is 0 Å². The van der Waals surface area contributed by atoms with Crippen LogP contribution in [0.4, 0.5) is 0 Å². The number of esters is 1. The van der Waals surface area contributed by atoms with Gasteiger partial charge in [-0.25, -0.2) is 9.78 Å². The van der Waals surface area contributed by atoms with Gasteiger partial charge in [-0.1, -0.05) is 36.4 Å². The number of methoxy groups -OCH3 is 1. The van der Waals surface area contributed by atoms with E-state index in [9.17, 15) is 4.79 Å². The predicted molar refractivity (Wildman–Crippen MR) is 153 cm³/mol. The summed E-state index contributed by atoms with van der Waals surface area (Å²) in [5, 5.41) is 1.83. The average molecular weight is 531 g/mol. The van der Waals surface area contributed by atoms with Crippen LogP contribution in [0.15, 0.2) is 54.7 Å². The van der Waals surface area contributed by atoms with E-state index in [0.29, 0.717) is 12.2 Å². The summed E-state index contributed by atoms with van der Waals surface area (Å²) in [5.41, 5.74) is 4.13. The lowest BCUT2D eigenvalue weighted by atomic mass is 10.0. The highest BCUT2D eigenvalue weighted by atomic mass is 16.5. The van der Waals surface area contributed by atoms with E-state index in [4.69, 9.17) is 14.2 Å². The first-order valence-corrected chi connectivity index (χ1v) is 13.8. The van der Waals surface area contributed by atoms with E-state index < -0.39 is 5.97 Å². The summed E-state index contributed by atoms with van der Waals surface area (Å²) in [6.07, 6.45) is 2.39. The molecule has 1 aliphatic rings. The van der Waals surface area contributed by atoms with Crippen molar-refractivity contribution in [2.24, 2.45) is 0 Å². The van der Waals surface area contributed by atoms with Crippen molar-refractivity contribution in [2.75, 3.05) is 46.4 Å². The summed E-state index contributed by atoms with van der Waals surface area (Å²) in [5.74, 6) is 0.341. The fraction of sp³-hybridized carbons (Fsp3) is 0.419. The minimum absolute atomic E-state index is 0.237. The highest BCUT2D eigenvalue weighted by Crippen LogP contribution is 2.36. The van der Waals surface area contributed by atoms with Gasteiger partial charge in [0.05, 0.1) is 36.5 Å². The molecule has 0 unspecified atom stereocenters. The number of rotatable bonds is 11. The molecule has 39 heavy (non-hydrogen) atoms. The Morgan fingerprint density at radius 1 is 0.974 bits per heavy atom. The van der Waals surface area contributed by atoms with E-state index in [1.807, 2.05) is 32.0 Å². The molecular weight excluding hydrogens is 492 g/mol. The van der Waals surface area contributed by atoms with E-state index in [1.54, 1.807) is 13.3 Å². The molecule has 0 radical (unpaired) electrons. The second-order valence-electron chi connectivity index (χ2n) is 10.4. The number of benzene rings is 2. The fourth-order valence-electron chi connectivity index (χ4n) is 5.30. The summed E-state index contributed by atoms with van der Waals surface area (Å²) < 4.78 is 17.3. The zero-order chi connectivity index (χ0) is 27.2. The molecule has 0 saturated carbocycles. The van der Waals surface area contributed by atoms with Gasteiger partial charge in [-0.2, -0.15) is 0 Å². The SMILES string of the molecule is COCc1c(C(=O)OC(C)C)ncc2[nH]c3cccc(OCCCN4CCN(Cc5ccccc5)CC4)c3c12.